The Morgan fingerprint density at radius 2 is 1.94 bits per heavy atom. The minimum Gasteiger partial charge on any atom is -0.383 e. The zero-order valence-corrected chi connectivity index (χ0v) is 11.1. The van der Waals surface area contributed by atoms with Gasteiger partial charge in [0.25, 0.3) is 0 Å². The molecule has 0 saturated heterocycles. The van der Waals surface area contributed by atoms with Gasteiger partial charge in [0.2, 0.25) is 0 Å². The number of anilines is 2. The fourth-order valence-corrected chi connectivity index (χ4v) is 1.85. The van der Waals surface area contributed by atoms with Gasteiger partial charge < -0.3 is 11.1 Å². The van der Waals surface area contributed by atoms with Crippen molar-refractivity contribution < 1.29 is 0 Å². The van der Waals surface area contributed by atoms with Gasteiger partial charge in [0.15, 0.2) is 0 Å². The largest absolute Gasteiger partial charge is 0.383 e. The second-order valence-electron chi connectivity index (χ2n) is 4.07. The third kappa shape index (κ3) is 2.71. The van der Waals surface area contributed by atoms with Gasteiger partial charge in [0.05, 0.1) is 0 Å². The Bertz CT molecular complexity index is 569. The van der Waals surface area contributed by atoms with Gasteiger partial charge in [-0.3, -0.25) is 0 Å². The molecule has 0 spiro atoms. The maximum atomic E-state index is 6.10. The van der Waals surface area contributed by atoms with Gasteiger partial charge in [-0.05, 0) is 25.5 Å². The third-order valence-corrected chi connectivity index (χ3v) is 3.07. The number of nitrogens with zero attached hydrogens (tertiary/aromatic N) is 2. The van der Waals surface area contributed by atoms with Crippen LogP contribution in [0.1, 0.15) is 17.0 Å². The second-order valence-corrected chi connectivity index (χ2v) is 4.48. The summed E-state index contributed by atoms with van der Waals surface area (Å²) in [6.07, 6.45) is 0. The normalized spacial score (nSPS) is 10.4. The van der Waals surface area contributed by atoms with E-state index >= 15 is 0 Å². The van der Waals surface area contributed by atoms with E-state index in [2.05, 4.69) is 15.3 Å². The molecule has 1 aromatic heterocycles. The molecule has 0 aliphatic heterocycles. The lowest BCUT2D eigenvalue weighted by Crippen LogP contribution is -2.08. The minimum absolute atomic E-state index is 0.504. The monoisotopic (exact) mass is 262 g/mol. The highest BCUT2D eigenvalue weighted by molar-refractivity contribution is 6.31. The zero-order valence-electron chi connectivity index (χ0n) is 10.4. The van der Waals surface area contributed by atoms with Crippen LogP contribution >= 0.6 is 11.6 Å². The Balaban J connectivity index is 2.18. The van der Waals surface area contributed by atoms with Crippen LogP contribution in [-0.2, 0) is 6.54 Å². The van der Waals surface area contributed by atoms with Crippen LogP contribution in [0.3, 0.4) is 0 Å². The highest BCUT2D eigenvalue weighted by atomic mass is 35.5. The molecular formula is C13H15ClN4. The van der Waals surface area contributed by atoms with Crippen molar-refractivity contribution in [2.24, 2.45) is 0 Å². The number of halogens is 1. The van der Waals surface area contributed by atoms with Crippen molar-refractivity contribution in [3.8, 4) is 0 Å². The maximum Gasteiger partial charge on any atom is 0.135 e. The van der Waals surface area contributed by atoms with Crippen LogP contribution in [0, 0.1) is 13.8 Å². The number of hydrogen-bond donors (Lipinski definition) is 2. The molecular weight excluding hydrogens is 248 g/mol. The summed E-state index contributed by atoms with van der Waals surface area (Å²) in [4.78, 5) is 8.44. The lowest BCUT2D eigenvalue weighted by atomic mass is 10.2. The Kier molecular flexibility index (Phi) is 3.67. The predicted molar refractivity (Wildman–Crippen MR) is 74.7 cm³/mol. The molecule has 0 bridgehead atoms. The standard InChI is InChI=1S/C13H15ClN4/c1-8-12(15)17-9(2)18-13(8)16-7-10-5-3-4-6-11(10)14/h3-6H,7H2,1-2H3,(H3,15,16,17,18). The lowest BCUT2D eigenvalue weighted by molar-refractivity contribution is 1.01. The van der Waals surface area contributed by atoms with E-state index in [1.54, 1.807) is 0 Å². The molecule has 0 amide bonds. The van der Waals surface area contributed by atoms with Crippen LogP contribution in [0.4, 0.5) is 11.6 Å². The van der Waals surface area contributed by atoms with Crippen LogP contribution in [-0.4, -0.2) is 9.97 Å². The quantitative estimate of drug-likeness (QED) is 0.893. The van der Waals surface area contributed by atoms with Crippen LogP contribution in [0.25, 0.3) is 0 Å². The Morgan fingerprint density at radius 3 is 2.67 bits per heavy atom. The summed E-state index contributed by atoms with van der Waals surface area (Å²) in [6.45, 7) is 4.32. The van der Waals surface area contributed by atoms with Gasteiger partial charge in [0, 0.05) is 17.1 Å². The summed E-state index contributed by atoms with van der Waals surface area (Å²) in [6, 6.07) is 7.70. The first-order valence-corrected chi connectivity index (χ1v) is 6.03. The smallest absolute Gasteiger partial charge is 0.135 e. The molecule has 2 aromatic rings. The van der Waals surface area contributed by atoms with Crippen LogP contribution < -0.4 is 11.1 Å². The summed E-state index contributed by atoms with van der Waals surface area (Å²) < 4.78 is 0. The van der Waals surface area contributed by atoms with E-state index in [9.17, 15) is 0 Å². The average molecular weight is 263 g/mol. The molecule has 1 aromatic carbocycles. The number of aryl methyl sites for hydroxylation is 1. The molecule has 0 unspecified atom stereocenters. The Morgan fingerprint density at radius 1 is 1.22 bits per heavy atom. The molecule has 18 heavy (non-hydrogen) atoms. The highest BCUT2D eigenvalue weighted by Crippen LogP contribution is 2.20. The van der Waals surface area contributed by atoms with Gasteiger partial charge in [-0.25, -0.2) is 9.97 Å². The van der Waals surface area contributed by atoms with Crippen molar-refractivity contribution in [3.05, 3.63) is 46.2 Å². The van der Waals surface area contributed by atoms with Crippen molar-refractivity contribution in [1.29, 1.82) is 0 Å². The maximum absolute atomic E-state index is 6.10. The van der Waals surface area contributed by atoms with Gasteiger partial charge in [-0.15, -0.1) is 0 Å². The summed E-state index contributed by atoms with van der Waals surface area (Å²) in [5, 5.41) is 3.97. The topological polar surface area (TPSA) is 63.8 Å². The number of hydrogen-bond acceptors (Lipinski definition) is 4. The van der Waals surface area contributed by atoms with Crippen molar-refractivity contribution in [3.63, 3.8) is 0 Å². The molecule has 94 valence electrons. The number of benzene rings is 1. The number of nitrogens with two attached hydrogens (primary N) is 1. The summed E-state index contributed by atoms with van der Waals surface area (Å²) in [7, 11) is 0. The van der Waals surface area contributed by atoms with Crippen LogP contribution in [0.5, 0.6) is 0 Å². The molecule has 0 fully saturated rings. The van der Waals surface area contributed by atoms with Gasteiger partial charge in [-0.2, -0.15) is 0 Å². The van der Waals surface area contributed by atoms with E-state index in [0.29, 0.717) is 18.2 Å². The van der Waals surface area contributed by atoms with Crippen LogP contribution in [0.2, 0.25) is 5.02 Å². The van der Waals surface area contributed by atoms with E-state index in [1.165, 1.54) is 0 Å². The summed E-state index contributed by atoms with van der Waals surface area (Å²) >= 11 is 6.10. The molecule has 0 aliphatic carbocycles. The van der Waals surface area contributed by atoms with Crippen molar-refractivity contribution in [2.75, 3.05) is 11.1 Å². The summed E-state index contributed by atoms with van der Waals surface area (Å²) in [5.74, 6) is 1.91. The van der Waals surface area contributed by atoms with Crippen LogP contribution in [0.15, 0.2) is 24.3 Å². The molecule has 1 heterocycles. The first kappa shape index (κ1) is 12.6. The third-order valence-electron chi connectivity index (χ3n) is 2.70. The first-order chi connectivity index (χ1) is 8.58. The van der Waals surface area contributed by atoms with E-state index < -0.39 is 0 Å². The van der Waals surface area contributed by atoms with E-state index in [0.717, 1.165) is 22.0 Å². The zero-order chi connectivity index (χ0) is 13.1. The fraction of sp³-hybridized carbons (Fsp3) is 0.231. The Hall–Kier alpha value is -1.81. The number of nitrogens with one attached hydrogen (secondary N) is 1. The summed E-state index contributed by atoms with van der Waals surface area (Å²) in [5.41, 5.74) is 7.68. The molecule has 0 atom stereocenters. The number of nitrogen functional groups attached to an aromatic ring is 1. The SMILES string of the molecule is Cc1nc(N)c(C)c(NCc2ccccc2Cl)n1. The van der Waals surface area contributed by atoms with E-state index in [1.807, 2.05) is 38.1 Å². The average Bonchev–Trinajstić information content (AvgIpc) is 2.33. The van der Waals surface area contributed by atoms with Crippen molar-refractivity contribution in [1.82, 2.24) is 9.97 Å². The predicted octanol–water partition coefficient (Wildman–Crippen LogP) is 2.94. The first-order valence-electron chi connectivity index (χ1n) is 5.66. The highest BCUT2D eigenvalue weighted by Gasteiger charge is 2.07. The molecule has 3 N–H and O–H groups in total. The molecule has 0 radical (unpaired) electrons. The van der Waals surface area contributed by atoms with Gasteiger partial charge in [-0.1, -0.05) is 29.8 Å². The minimum atomic E-state index is 0.504. The lowest BCUT2D eigenvalue weighted by Gasteiger charge is -2.11. The van der Waals surface area contributed by atoms with Crippen molar-refractivity contribution >= 4 is 23.2 Å². The van der Waals surface area contributed by atoms with Gasteiger partial charge >= 0.3 is 0 Å². The molecule has 0 aliphatic rings. The molecule has 0 saturated carbocycles. The second kappa shape index (κ2) is 5.23. The van der Waals surface area contributed by atoms with Crippen molar-refractivity contribution in [2.45, 2.75) is 20.4 Å². The Labute approximate surface area is 111 Å². The van der Waals surface area contributed by atoms with E-state index in [-0.39, 0.29) is 0 Å². The molecule has 2 rings (SSSR count). The fourth-order valence-electron chi connectivity index (χ4n) is 1.64. The molecule has 5 heteroatoms. The van der Waals surface area contributed by atoms with E-state index in [4.69, 9.17) is 17.3 Å². The number of rotatable bonds is 3. The molecule has 4 nitrogen and oxygen atoms in total. The van der Waals surface area contributed by atoms with Gasteiger partial charge in [0.1, 0.15) is 17.5 Å². The number of aromatic nitrogens is 2.